The van der Waals surface area contributed by atoms with Crippen molar-refractivity contribution < 1.29 is 14.3 Å². The Kier molecular flexibility index (Phi) is 5.10. The molecule has 0 aliphatic rings. The van der Waals surface area contributed by atoms with E-state index in [4.69, 9.17) is 0 Å². The molecule has 0 fully saturated rings. The van der Waals surface area contributed by atoms with Crippen molar-refractivity contribution >= 4 is 5.91 Å². The smallest absolute Gasteiger partial charge is 0.293 e. The van der Waals surface area contributed by atoms with Gasteiger partial charge >= 0.3 is 0 Å². The van der Waals surface area contributed by atoms with E-state index >= 15 is 0 Å². The molecule has 0 bridgehead atoms. The van der Waals surface area contributed by atoms with E-state index in [1.54, 1.807) is 32.2 Å². The summed E-state index contributed by atoms with van der Waals surface area (Å²) < 4.78 is 15.4. The molecule has 0 aliphatic heterocycles. The van der Waals surface area contributed by atoms with Crippen LogP contribution in [-0.4, -0.2) is 50.4 Å². The van der Waals surface area contributed by atoms with Gasteiger partial charge in [0.2, 0.25) is 5.82 Å². The minimum Gasteiger partial charge on any atom is -0.394 e. The van der Waals surface area contributed by atoms with E-state index in [0.29, 0.717) is 5.82 Å². The Hall–Kier alpha value is -2.28. The van der Waals surface area contributed by atoms with Gasteiger partial charge in [0.15, 0.2) is 0 Å². The summed E-state index contributed by atoms with van der Waals surface area (Å²) in [5.41, 5.74) is 0.251. The molecule has 0 radical (unpaired) electrons. The number of hydrogen-bond donors (Lipinski definition) is 1. The largest absolute Gasteiger partial charge is 0.394 e. The maximum Gasteiger partial charge on any atom is 0.293 e. The highest BCUT2D eigenvalue weighted by atomic mass is 19.1. The fourth-order valence-electron chi connectivity index (χ4n) is 2.07. The predicted molar refractivity (Wildman–Crippen MR) is 84.0 cm³/mol. The SMILES string of the molecule is CC(C)c1nc(C(=O)N(C)C(C)CO)nn1-c1ccccc1F. The Balaban J connectivity index is 2.48. The lowest BCUT2D eigenvalue weighted by Crippen LogP contribution is -2.37. The zero-order valence-corrected chi connectivity index (χ0v) is 13.7. The van der Waals surface area contributed by atoms with Gasteiger partial charge in [0.1, 0.15) is 17.3 Å². The molecule has 1 atom stereocenters. The van der Waals surface area contributed by atoms with Crippen molar-refractivity contribution in [3.05, 3.63) is 41.7 Å². The normalized spacial score (nSPS) is 12.5. The van der Waals surface area contributed by atoms with Crippen molar-refractivity contribution in [3.63, 3.8) is 0 Å². The topological polar surface area (TPSA) is 71.2 Å². The fraction of sp³-hybridized carbons (Fsp3) is 0.438. The van der Waals surface area contributed by atoms with E-state index < -0.39 is 11.7 Å². The van der Waals surface area contributed by atoms with Gasteiger partial charge in [-0.15, -0.1) is 5.10 Å². The predicted octanol–water partition coefficient (Wildman–Crippen LogP) is 1.98. The third kappa shape index (κ3) is 3.39. The average molecular weight is 320 g/mol. The van der Waals surface area contributed by atoms with E-state index in [-0.39, 0.29) is 30.1 Å². The fourth-order valence-corrected chi connectivity index (χ4v) is 2.07. The molecule has 1 unspecified atom stereocenters. The average Bonchev–Trinajstić information content (AvgIpc) is 2.98. The van der Waals surface area contributed by atoms with Gasteiger partial charge in [-0.05, 0) is 19.1 Å². The minimum atomic E-state index is -0.435. The number of halogens is 1. The Morgan fingerprint density at radius 3 is 2.57 bits per heavy atom. The van der Waals surface area contributed by atoms with E-state index in [1.807, 2.05) is 13.8 Å². The first-order valence-electron chi connectivity index (χ1n) is 7.46. The Morgan fingerprint density at radius 2 is 2.00 bits per heavy atom. The first-order valence-corrected chi connectivity index (χ1v) is 7.46. The number of nitrogens with zero attached hydrogens (tertiary/aromatic N) is 4. The van der Waals surface area contributed by atoms with Crippen LogP contribution in [0, 0.1) is 5.82 Å². The Bertz CT molecular complexity index is 699. The molecule has 1 aromatic carbocycles. The molecule has 2 rings (SSSR count). The van der Waals surface area contributed by atoms with E-state index in [1.165, 1.54) is 15.6 Å². The van der Waals surface area contributed by atoms with Crippen molar-refractivity contribution in [2.75, 3.05) is 13.7 Å². The van der Waals surface area contributed by atoms with Crippen LogP contribution < -0.4 is 0 Å². The van der Waals surface area contributed by atoms with Gasteiger partial charge < -0.3 is 10.0 Å². The van der Waals surface area contributed by atoms with E-state index in [0.717, 1.165) is 0 Å². The lowest BCUT2D eigenvalue weighted by Gasteiger charge is -2.21. The van der Waals surface area contributed by atoms with Gasteiger partial charge in [0, 0.05) is 13.0 Å². The lowest BCUT2D eigenvalue weighted by molar-refractivity contribution is 0.0670. The maximum atomic E-state index is 14.1. The van der Waals surface area contributed by atoms with Crippen LogP contribution in [0.25, 0.3) is 5.69 Å². The summed E-state index contributed by atoms with van der Waals surface area (Å²) in [5, 5.41) is 13.4. The molecule has 1 heterocycles. The zero-order chi connectivity index (χ0) is 17.1. The molecular weight excluding hydrogens is 299 g/mol. The summed E-state index contributed by atoms with van der Waals surface area (Å²) in [6, 6.07) is 5.86. The number of hydrogen-bond acceptors (Lipinski definition) is 4. The number of carbonyl (C=O) groups is 1. The summed E-state index contributed by atoms with van der Waals surface area (Å²) >= 11 is 0. The summed E-state index contributed by atoms with van der Waals surface area (Å²) in [5.74, 6) is -0.397. The van der Waals surface area contributed by atoms with Crippen LogP contribution in [0.15, 0.2) is 24.3 Å². The highest BCUT2D eigenvalue weighted by molar-refractivity contribution is 5.90. The van der Waals surface area contributed by atoms with Crippen molar-refractivity contribution in [1.29, 1.82) is 0 Å². The third-order valence-electron chi connectivity index (χ3n) is 3.67. The number of aliphatic hydroxyl groups is 1. The quantitative estimate of drug-likeness (QED) is 0.914. The van der Waals surface area contributed by atoms with E-state index in [2.05, 4.69) is 10.1 Å². The van der Waals surface area contributed by atoms with Crippen LogP contribution in [0.3, 0.4) is 0 Å². The van der Waals surface area contributed by atoms with Gasteiger partial charge in [0.05, 0.1) is 12.6 Å². The molecule has 1 aromatic heterocycles. The molecule has 0 aliphatic carbocycles. The molecular formula is C16H21FN4O2. The van der Waals surface area contributed by atoms with Crippen molar-refractivity contribution in [2.45, 2.75) is 32.7 Å². The molecule has 23 heavy (non-hydrogen) atoms. The van der Waals surface area contributed by atoms with Gasteiger partial charge in [0.25, 0.3) is 5.91 Å². The second kappa shape index (κ2) is 6.87. The number of carbonyl (C=O) groups excluding carboxylic acids is 1. The van der Waals surface area contributed by atoms with Crippen LogP contribution in [0.2, 0.25) is 0 Å². The van der Waals surface area contributed by atoms with Crippen LogP contribution in [0.1, 0.15) is 43.1 Å². The summed E-state index contributed by atoms with van der Waals surface area (Å²) in [6.07, 6.45) is 0. The summed E-state index contributed by atoms with van der Waals surface area (Å²) in [6.45, 7) is 5.35. The number of rotatable bonds is 5. The van der Waals surface area contributed by atoms with Crippen molar-refractivity contribution in [2.24, 2.45) is 0 Å². The number of likely N-dealkylation sites (N-methyl/N-ethyl adjacent to an activating group) is 1. The Morgan fingerprint density at radius 1 is 1.35 bits per heavy atom. The molecule has 1 amide bonds. The van der Waals surface area contributed by atoms with Crippen molar-refractivity contribution in [3.8, 4) is 5.69 Å². The minimum absolute atomic E-state index is 0.0141. The number of amides is 1. The monoisotopic (exact) mass is 320 g/mol. The molecule has 1 N–H and O–H groups in total. The molecule has 2 aromatic rings. The number of benzene rings is 1. The summed E-state index contributed by atoms with van der Waals surface area (Å²) in [7, 11) is 1.57. The lowest BCUT2D eigenvalue weighted by atomic mass is 10.2. The molecule has 6 nitrogen and oxygen atoms in total. The molecule has 124 valence electrons. The van der Waals surface area contributed by atoms with Crippen LogP contribution in [-0.2, 0) is 0 Å². The van der Waals surface area contributed by atoms with Crippen molar-refractivity contribution in [1.82, 2.24) is 19.7 Å². The number of aromatic nitrogens is 3. The van der Waals surface area contributed by atoms with Gasteiger partial charge in [-0.1, -0.05) is 26.0 Å². The highest BCUT2D eigenvalue weighted by Crippen LogP contribution is 2.20. The third-order valence-corrected chi connectivity index (χ3v) is 3.67. The number of aliphatic hydroxyl groups excluding tert-OH is 1. The second-order valence-corrected chi connectivity index (χ2v) is 5.76. The molecule has 0 spiro atoms. The van der Waals surface area contributed by atoms with Crippen LogP contribution >= 0.6 is 0 Å². The van der Waals surface area contributed by atoms with Crippen LogP contribution in [0.4, 0.5) is 4.39 Å². The standard InChI is InChI=1S/C16H21FN4O2/c1-10(2)15-18-14(16(23)20(4)11(3)9-22)19-21(15)13-8-6-5-7-12(13)17/h5-8,10-11,22H,9H2,1-4H3. The summed E-state index contributed by atoms with van der Waals surface area (Å²) in [4.78, 5) is 18.1. The maximum absolute atomic E-state index is 14.1. The van der Waals surface area contributed by atoms with Gasteiger partial charge in [-0.3, -0.25) is 4.79 Å². The van der Waals surface area contributed by atoms with Gasteiger partial charge in [-0.25, -0.2) is 14.1 Å². The number of para-hydroxylation sites is 1. The first-order chi connectivity index (χ1) is 10.9. The zero-order valence-electron chi connectivity index (χ0n) is 13.7. The Labute approximate surface area is 134 Å². The molecule has 0 saturated carbocycles. The first kappa shape index (κ1) is 17.1. The van der Waals surface area contributed by atoms with Crippen LogP contribution in [0.5, 0.6) is 0 Å². The highest BCUT2D eigenvalue weighted by Gasteiger charge is 2.25. The molecule has 7 heteroatoms. The van der Waals surface area contributed by atoms with E-state index in [9.17, 15) is 14.3 Å². The van der Waals surface area contributed by atoms with Gasteiger partial charge in [-0.2, -0.15) is 0 Å². The second-order valence-electron chi connectivity index (χ2n) is 5.76. The molecule has 0 saturated heterocycles.